The monoisotopic (exact) mass is 166 g/mol. The van der Waals surface area contributed by atoms with Crippen molar-refractivity contribution in [3.05, 3.63) is 12.4 Å². The first-order valence-corrected chi connectivity index (χ1v) is 3.82. The third-order valence-corrected chi connectivity index (χ3v) is 0.331. The molecule has 0 fully saturated rings. The maximum atomic E-state index is 9.10. The summed E-state index contributed by atoms with van der Waals surface area (Å²) in [5.74, 6) is 0. The van der Waals surface area contributed by atoms with Crippen molar-refractivity contribution in [3.8, 4) is 0 Å². The molecule has 5 N–H and O–H groups in total. The first kappa shape index (κ1) is 9.25. The summed E-state index contributed by atoms with van der Waals surface area (Å²) in [6.45, 7) is 0. The molecule has 1 rings (SSSR count). The van der Waals surface area contributed by atoms with Gasteiger partial charge in [-0.1, -0.05) is 0 Å². The Labute approximate surface area is 56.5 Å². The molecule has 0 spiro atoms. The third-order valence-electron chi connectivity index (χ3n) is 0.331. The maximum Gasteiger partial charge on any atom is 0.397 e. The molecule has 0 unspecified atom stereocenters. The normalized spacial score (nSPS) is 9.90. The molecule has 0 amide bonds. The predicted octanol–water partition coefficient (Wildman–Crippen LogP) is -1.16. The number of rotatable bonds is 0. The van der Waals surface area contributed by atoms with E-state index in [0.717, 1.165) is 0 Å². The lowest BCUT2D eigenvalue weighted by Gasteiger charge is -1.84. The van der Waals surface area contributed by atoms with Gasteiger partial charge in [0.25, 0.3) is 0 Å². The molecule has 1 heterocycles. The quantitative estimate of drug-likeness (QED) is 0.360. The molecule has 0 atom stereocenters. The number of H-pyrrole nitrogens is 1. The standard InChI is InChI=1S/C2H3N3.H4NO3P/c1-2-4-5-3-1;1-5(2,3)4/h1-2H,(H,3,4,5);(H4,1,2,3,4). The smallest absolute Gasteiger partial charge is 0.313 e. The van der Waals surface area contributed by atoms with E-state index < -0.39 is 7.75 Å². The van der Waals surface area contributed by atoms with Gasteiger partial charge >= 0.3 is 7.75 Å². The summed E-state index contributed by atoms with van der Waals surface area (Å²) in [7, 11) is -4.14. The zero-order chi connectivity index (χ0) is 8.04. The molecule has 0 saturated carbocycles. The average Bonchev–Trinajstić information content (AvgIpc) is 2.07. The Morgan fingerprint density at radius 2 is 1.70 bits per heavy atom. The van der Waals surface area contributed by atoms with Gasteiger partial charge in [0.2, 0.25) is 0 Å². The first-order valence-electron chi connectivity index (χ1n) is 2.14. The van der Waals surface area contributed by atoms with Gasteiger partial charge in [-0.25, -0.2) is 10.1 Å². The average molecular weight is 166 g/mol. The fraction of sp³-hybridized carbons (Fsp3) is 0. The molecule has 0 aliphatic heterocycles. The van der Waals surface area contributed by atoms with E-state index in [1.165, 1.54) is 0 Å². The topological polar surface area (TPSA) is 125 Å². The Balaban J connectivity index is 0.000000162. The number of nitrogens with two attached hydrogens (primary N) is 1. The molecule has 0 aliphatic carbocycles. The van der Waals surface area contributed by atoms with Gasteiger partial charge in [-0.05, 0) is 0 Å². The van der Waals surface area contributed by atoms with Gasteiger partial charge in [-0.2, -0.15) is 15.4 Å². The van der Waals surface area contributed by atoms with Crippen LogP contribution in [0.2, 0.25) is 0 Å². The molecule has 7 nitrogen and oxygen atoms in total. The molecular formula is C2H7N4O3P. The van der Waals surface area contributed by atoms with Crippen LogP contribution in [-0.2, 0) is 4.57 Å². The molecule has 0 aromatic carbocycles. The predicted molar refractivity (Wildman–Crippen MR) is 32.6 cm³/mol. The number of hydrogen-bond acceptors (Lipinski definition) is 3. The van der Waals surface area contributed by atoms with Gasteiger partial charge in [-0.3, -0.25) is 0 Å². The van der Waals surface area contributed by atoms with Crippen LogP contribution in [0, 0.1) is 0 Å². The zero-order valence-electron chi connectivity index (χ0n) is 4.88. The van der Waals surface area contributed by atoms with Gasteiger partial charge in [-0.15, -0.1) is 0 Å². The highest BCUT2D eigenvalue weighted by molar-refractivity contribution is 7.49. The van der Waals surface area contributed by atoms with Gasteiger partial charge in [0.15, 0.2) is 0 Å². The van der Waals surface area contributed by atoms with Crippen molar-refractivity contribution in [2.24, 2.45) is 5.50 Å². The van der Waals surface area contributed by atoms with Crippen molar-refractivity contribution in [3.63, 3.8) is 0 Å². The highest BCUT2D eigenvalue weighted by atomic mass is 31.2. The Kier molecular flexibility index (Phi) is 3.82. The molecule has 8 heteroatoms. The Morgan fingerprint density at radius 3 is 1.80 bits per heavy atom. The fourth-order valence-electron chi connectivity index (χ4n) is 0.167. The van der Waals surface area contributed by atoms with Crippen LogP contribution >= 0.6 is 7.75 Å². The van der Waals surface area contributed by atoms with Crippen molar-refractivity contribution in [1.82, 2.24) is 15.4 Å². The maximum absolute atomic E-state index is 9.10. The second kappa shape index (κ2) is 4.13. The van der Waals surface area contributed by atoms with E-state index in [9.17, 15) is 0 Å². The second-order valence-corrected chi connectivity index (χ2v) is 2.42. The summed E-state index contributed by atoms with van der Waals surface area (Å²) in [6.07, 6.45) is 3.17. The number of hydrogen-bond donors (Lipinski definition) is 4. The van der Waals surface area contributed by atoms with E-state index in [1.807, 2.05) is 0 Å². The van der Waals surface area contributed by atoms with Crippen molar-refractivity contribution in [1.29, 1.82) is 0 Å². The highest BCUT2D eigenvalue weighted by Gasteiger charge is 1.96. The van der Waals surface area contributed by atoms with Crippen LogP contribution in [-0.4, -0.2) is 25.2 Å². The van der Waals surface area contributed by atoms with E-state index in [-0.39, 0.29) is 0 Å². The summed E-state index contributed by atoms with van der Waals surface area (Å²) < 4.78 is 9.10. The summed E-state index contributed by atoms with van der Waals surface area (Å²) in [5.41, 5.74) is 4.02. The van der Waals surface area contributed by atoms with Crippen molar-refractivity contribution in [2.75, 3.05) is 0 Å². The van der Waals surface area contributed by atoms with Crippen molar-refractivity contribution >= 4 is 7.75 Å². The minimum atomic E-state index is -4.14. The molecule has 58 valence electrons. The Hall–Kier alpha value is -0.750. The van der Waals surface area contributed by atoms with E-state index in [2.05, 4.69) is 20.9 Å². The second-order valence-electron chi connectivity index (χ2n) is 1.25. The molecule has 1 aromatic rings. The SMILES string of the molecule is NP(=O)(O)O.c1cn[nH]n1. The van der Waals surface area contributed by atoms with Crippen LogP contribution < -0.4 is 5.50 Å². The summed E-state index contributed by atoms with van der Waals surface area (Å²) >= 11 is 0. The van der Waals surface area contributed by atoms with Crippen LogP contribution in [0.1, 0.15) is 0 Å². The Bertz CT molecular complexity index is 167. The highest BCUT2D eigenvalue weighted by Crippen LogP contribution is 2.20. The van der Waals surface area contributed by atoms with Gasteiger partial charge in [0.1, 0.15) is 0 Å². The number of aromatic amines is 1. The van der Waals surface area contributed by atoms with Crippen molar-refractivity contribution < 1.29 is 14.4 Å². The summed E-state index contributed by atoms with van der Waals surface area (Å²) in [6, 6.07) is 0. The number of nitrogens with one attached hydrogen (secondary N) is 1. The Morgan fingerprint density at radius 1 is 1.40 bits per heavy atom. The lowest BCUT2D eigenvalue weighted by Crippen LogP contribution is -1.87. The lowest BCUT2D eigenvalue weighted by atomic mass is 11.0. The van der Waals surface area contributed by atoms with Crippen LogP contribution in [0.4, 0.5) is 0 Å². The van der Waals surface area contributed by atoms with Gasteiger partial charge in [0, 0.05) is 0 Å². The van der Waals surface area contributed by atoms with Gasteiger partial charge < -0.3 is 9.79 Å². The molecule has 10 heavy (non-hydrogen) atoms. The molecule has 0 bridgehead atoms. The summed E-state index contributed by atoms with van der Waals surface area (Å²) in [5, 5.41) is 9.33. The number of aromatic nitrogens is 3. The van der Waals surface area contributed by atoms with Crippen LogP contribution in [0.3, 0.4) is 0 Å². The van der Waals surface area contributed by atoms with Crippen LogP contribution in [0.25, 0.3) is 0 Å². The third kappa shape index (κ3) is 15.7. The largest absolute Gasteiger partial charge is 0.397 e. The molecule has 0 saturated heterocycles. The van der Waals surface area contributed by atoms with Crippen LogP contribution in [0.15, 0.2) is 12.4 Å². The van der Waals surface area contributed by atoms with Crippen molar-refractivity contribution in [2.45, 2.75) is 0 Å². The number of nitrogens with zero attached hydrogens (tertiary/aromatic N) is 2. The van der Waals surface area contributed by atoms with E-state index in [4.69, 9.17) is 14.4 Å². The molecular weight excluding hydrogens is 159 g/mol. The lowest BCUT2D eigenvalue weighted by molar-refractivity contribution is 0.374. The molecule has 0 radical (unpaired) electrons. The van der Waals surface area contributed by atoms with E-state index in [1.54, 1.807) is 12.4 Å². The minimum absolute atomic E-state index is 1.58. The van der Waals surface area contributed by atoms with E-state index >= 15 is 0 Å². The van der Waals surface area contributed by atoms with E-state index in [0.29, 0.717) is 0 Å². The zero-order valence-corrected chi connectivity index (χ0v) is 5.77. The fourth-order valence-corrected chi connectivity index (χ4v) is 0.167. The minimum Gasteiger partial charge on any atom is -0.313 e. The molecule has 1 aromatic heterocycles. The summed E-state index contributed by atoms with van der Waals surface area (Å²) in [4.78, 5) is 14.8. The molecule has 0 aliphatic rings. The first-order chi connectivity index (χ1) is 4.50. The van der Waals surface area contributed by atoms with Crippen LogP contribution in [0.5, 0.6) is 0 Å². The van der Waals surface area contributed by atoms with Gasteiger partial charge in [0.05, 0.1) is 12.4 Å².